The second-order valence-electron chi connectivity index (χ2n) is 6.60. The molecule has 2 aromatic rings. The Kier molecular flexibility index (Phi) is 5.66. The Morgan fingerprint density at radius 1 is 0.917 bits per heavy atom. The summed E-state index contributed by atoms with van der Waals surface area (Å²) in [5, 5.41) is 3.03. The summed E-state index contributed by atoms with van der Waals surface area (Å²) < 4.78 is 5.83. The Hall–Kier alpha value is -2.29. The van der Waals surface area contributed by atoms with Gasteiger partial charge in [-0.05, 0) is 69.9 Å². The van der Waals surface area contributed by atoms with Crippen molar-refractivity contribution in [2.75, 3.05) is 0 Å². The number of ether oxygens (including phenoxy) is 1. The highest BCUT2D eigenvalue weighted by Gasteiger charge is 2.18. The fourth-order valence-corrected chi connectivity index (χ4v) is 2.62. The van der Waals surface area contributed by atoms with Gasteiger partial charge >= 0.3 is 0 Å². The van der Waals surface area contributed by atoms with Crippen LogP contribution in [0.5, 0.6) is 5.75 Å². The van der Waals surface area contributed by atoms with Crippen LogP contribution in [0.4, 0.5) is 0 Å². The minimum Gasteiger partial charge on any atom is -0.481 e. The highest BCUT2D eigenvalue weighted by Crippen LogP contribution is 2.21. The molecule has 3 heteroatoms. The number of rotatable bonds is 5. The molecule has 3 nitrogen and oxygen atoms in total. The number of nitrogens with one attached hydrogen (secondary N) is 1. The van der Waals surface area contributed by atoms with Gasteiger partial charge in [0.25, 0.3) is 5.91 Å². The van der Waals surface area contributed by atoms with Crippen LogP contribution in [0.25, 0.3) is 0 Å². The number of hydrogen-bond donors (Lipinski definition) is 1. The lowest BCUT2D eigenvalue weighted by molar-refractivity contribution is -0.127. The van der Waals surface area contributed by atoms with Crippen molar-refractivity contribution < 1.29 is 9.53 Å². The van der Waals surface area contributed by atoms with Crippen molar-refractivity contribution >= 4 is 5.91 Å². The quantitative estimate of drug-likeness (QED) is 0.875. The van der Waals surface area contributed by atoms with Gasteiger partial charge in [-0.3, -0.25) is 4.79 Å². The predicted molar refractivity (Wildman–Crippen MR) is 98.5 cm³/mol. The molecule has 0 fully saturated rings. The monoisotopic (exact) mass is 325 g/mol. The van der Waals surface area contributed by atoms with Crippen LogP contribution in [0.3, 0.4) is 0 Å². The van der Waals surface area contributed by atoms with Crippen molar-refractivity contribution in [3.63, 3.8) is 0 Å². The molecule has 2 rings (SSSR count). The van der Waals surface area contributed by atoms with Crippen LogP contribution >= 0.6 is 0 Å². The third-order valence-electron chi connectivity index (χ3n) is 4.39. The summed E-state index contributed by atoms with van der Waals surface area (Å²) in [6.07, 6.45) is -0.541. The molecule has 0 spiro atoms. The molecule has 0 aliphatic rings. The van der Waals surface area contributed by atoms with Crippen molar-refractivity contribution in [2.45, 2.75) is 53.7 Å². The second kappa shape index (κ2) is 7.52. The van der Waals surface area contributed by atoms with Gasteiger partial charge in [0.15, 0.2) is 6.10 Å². The van der Waals surface area contributed by atoms with E-state index < -0.39 is 6.10 Å². The van der Waals surface area contributed by atoms with Gasteiger partial charge in [-0.15, -0.1) is 0 Å². The number of benzene rings is 2. The van der Waals surface area contributed by atoms with Crippen LogP contribution < -0.4 is 10.1 Å². The molecule has 1 amide bonds. The number of carbonyl (C=O) groups is 1. The van der Waals surface area contributed by atoms with E-state index in [1.807, 2.05) is 32.9 Å². The molecular formula is C21H27NO2. The van der Waals surface area contributed by atoms with E-state index in [0.717, 1.165) is 16.9 Å². The first-order valence-electron chi connectivity index (χ1n) is 8.39. The summed E-state index contributed by atoms with van der Waals surface area (Å²) in [5.74, 6) is 0.641. The SMILES string of the molecule is Cc1ccc(O[C@H](C)C(=O)N[C@@H](C)c2ccc(C)c(C)c2)c(C)c1. The molecule has 0 unspecified atom stereocenters. The highest BCUT2D eigenvalue weighted by molar-refractivity contribution is 5.81. The Morgan fingerprint density at radius 3 is 2.25 bits per heavy atom. The lowest BCUT2D eigenvalue weighted by atomic mass is 10.0. The van der Waals surface area contributed by atoms with E-state index in [4.69, 9.17) is 4.74 Å². The molecule has 2 atom stereocenters. The third kappa shape index (κ3) is 4.38. The summed E-state index contributed by atoms with van der Waals surface area (Å²) in [7, 11) is 0. The van der Waals surface area contributed by atoms with E-state index in [1.54, 1.807) is 6.92 Å². The number of amides is 1. The second-order valence-corrected chi connectivity index (χ2v) is 6.60. The summed E-state index contributed by atoms with van der Waals surface area (Å²) in [6, 6.07) is 12.2. The average molecular weight is 325 g/mol. The number of aryl methyl sites for hydroxylation is 4. The molecule has 0 saturated heterocycles. The zero-order chi connectivity index (χ0) is 17.9. The van der Waals surface area contributed by atoms with Gasteiger partial charge < -0.3 is 10.1 Å². The van der Waals surface area contributed by atoms with Crippen LogP contribution in [0, 0.1) is 27.7 Å². The average Bonchev–Trinajstić information content (AvgIpc) is 2.52. The van der Waals surface area contributed by atoms with Crippen molar-refractivity contribution in [1.29, 1.82) is 0 Å². The molecule has 0 saturated carbocycles. The maximum Gasteiger partial charge on any atom is 0.261 e. The molecule has 0 heterocycles. The lowest BCUT2D eigenvalue weighted by Crippen LogP contribution is -2.37. The maximum absolute atomic E-state index is 12.4. The van der Waals surface area contributed by atoms with Gasteiger partial charge in [0, 0.05) is 0 Å². The molecular weight excluding hydrogens is 298 g/mol. The molecule has 1 N–H and O–H groups in total. The Balaban J connectivity index is 2.01. The molecule has 0 aliphatic heterocycles. The molecule has 0 bridgehead atoms. The van der Waals surface area contributed by atoms with E-state index >= 15 is 0 Å². The van der Waals surface area contributed by atoms with Gasteiger partial charge in [-0.1, -0.05) is 35.9 Å². The lowest BCUT2D eigenvalue weighted by Gasteiger charge is -2.20. The van der Waals surface area contributed by atoms with Gasteiger partial charge in [0.1, 0.15) is 5.75 Å². The van der Waals surface area contributed by atoms with E-state index in [9.17, 15) is 4.79 Å². The summed E-state index contributed by atoms with van der Waals surface area (Å²) in [6.45, 7) is 12.0. The van der Waals surface area contributed by atoms with E-state index in [0.29, 0.717) is 0 Å². The molecule has 128 valence electrons. The standard InChI is InChI=1S/C21H27NO2/c1-13-7-10-20(16(4)11-13)24-18(6)21(23)22-17(5)19-9-8-14(2)15(3)12-19/h7-12,17-18H,1-6H3,(H,22,23)/t17-,18+/m0/s1. The van der Waals surface area contributed by atoms with E-state index in [-0.39, 0.29) is 11.9 Å². The number of carbonyl (C=O) groups excluding carboxylic acids is 1. The third-order valence-corrected chi connectivity index (χ3v) is 4.39. The fourth-order valence-electron chi connectivity index (χ4n) is 2.62. The van der Waals surface area contributed by atoms with Crippen molar-refractivity contribution in [1.82, 2.24) is 5.32 Å². The van der Waals surface area contributed by atoms with E-state index in [2.05, 4.69) is 43.4 Å². The summed E-state index contributed by atoms with van der Waals surface area (Å²) in [4.78, 5) is 12.4. The molecule has 0 aromatic heterocycles. The first-order valence-corrected chi connectivity index (χ1v) is 8.39. The Bertz CT molecular complexity index is 737. The molecule has 2 aromatic carbocycles. The summed E-state index contributed by atoms with van der Waals surface area (Å²) in [5.41, 5.74) is 5.80. The van der Waals surface area contributed by atoms with Crippen LogP contribution in [-0.4, -0.2) is 12.0 Å². The van der Waals surface area contributed by atoms with Crippen LogP contribution in [0.2, 0.25) is 0 Å². The normalized spacial score (nSPS) is 13.2. The first-order chi connectivity index (χ1) is 11.3. The van der Waals surface area contributed by atoms with E-state index in [1.165, 1.54) is 16.7 Å². The predicted octanol–water partition coefficient (Wildman–Crippen LogP) is 4.56. The smallest absolute Gasteiger partial charge is 0.261 e. The minimum absolute atomic E-state index is 0.0537. The van der Waals surface area contributed by atoms with Crippen molar-refractivity contribution in [3.8, 4) is 5.75 Å². The maximum atomic E-state index is 12.4. The largest absolute Gasteiger partial charge is 0.481 e. The van der Waals surface area contributed by atoms with Crippen LogP contribution in [0.1, 0.15) is 47.7 Å². The molecule has 0 radical (unpaired) electrons. The van der Waals surface area contributed by atoms with Crippen LogP contribution in [0.15, 0.2) is 36.4 Å². The number of hydrogen-bond acceptors (Lipinski definition) is 2. The van der Waals surface area contributed by atoms with Crippen LogP contribution in [-0.2, 0) is 4.79 Å². The fraction of sp³-hybridized carbons (Fsp3) is 0.381. The van der Waals surface area contributed by atoms with Crippen molar-refractivity contribution in [2.24, 2.45) is 0 Å². The zero-order valence-electron chi connectivity index (χ0n) is 15.4. The molecule has 24 heavy (non-hydrogen) atoms. The zero-order valence-corrected chi connectivity index (χ0v) is 15.4. The highest BCUT2D eigenvalue weighted by atomic mass is 16.5. The Morgan fingerprint density at radius 2 is 1.62 bits per heavy atom. The topological polar surface area (TPSA) is 38.3 Å². The van der Waals surface area contributed by atoms with Gasteiger partial charge in [-0.25, -0.2) is 0 Å². The summed E-state index contributed by atoms with van der Waals surface area (Å²) >= 11 is 0. The Labute approximate surface area is 145 Å². The van der Waals surface area contributed by atoms with Crippen molar-refractivity contribution in [3.05, 3.63) is 64.2 Å². The first kappa shape index (κ1) is 18.1. The minimum atomic E-state index is -0.541. The van der Waals surface area contributed by atoms with Gasteiger partial charge in [0.2, 0.25) is 0 Å². The molecule has 0 aliphatic carbocycles. The van der Waals surface area contributed by atoms with Gasteiger partial charge in [-0.2, -0.15) is 0 Å². The van der Waals surface area contributed by atoms with Gasteiger partial charge in [0.05, 0.1) is 6.04 Å².